The van der Waals surface area contributed by atoms with E-state index in [2.05, 4.69) is 31.6 Å². The Balaban J connectivity index is 1.53. The predicted octanol–water partition coefficient (Wildman–Crippen LogP) is -0.665. The van der Waals surface area contributed by atoms with E-state index in [-0.39, 0.29) is 39.9 Å². The molecular weight excluding hydrogens is 503 g/mol. The number of amides is 2. The van der Waals surface area contributed by atoms with Crippen LogP contribution >= 0.6 is 23.2 Å². The van der Waals surface area contributed by atoms with E-state index in [1.54, 1.807) is 0 Å². The molecule has 1 aromatic carbocycles. The van der Waals surface area contributed by atoms with Crippen LogP contribution in [-0.2, 0) is 14.4 Å². The van der Waals surface area contributed by atoms with E-state index in [4.69, 9.17) is 23.2 Å². The van der Waals surface area contributed by atoms with E-state index in [0.717, 1.165) is 0 Å². The van der Waals surface area contributed by atoms with Crippen molar-refractivity contribution in [1.29, 1.82) is 0 Å². The van der Waals surface area contributed by atoms with Crippen molar-refractivity contribution < 1.29 is 29.7 Å². The Morgan fingerprint density at radius 3 is 2.66 bits per heavy atom. The number of β-amino-alcohol motifs (C(OH)–C–C–N with tert-alkyl or cyclic N) is 1. The van der Waals surface area contributed by atoms with Gasteiger partial charge in [-0.3, -0.25) is 19.4 Å². The molecule has 0 radical (unpaired) electrons. The number of carbonyl (C=O) groups is 3. The molecule has 4 atom stereocenters. The number of hydrogen-bond acceptors (Lipinski definition) is 9. The van der Waals surface area contributed by atoms with Crippen molar-refractivity contribution in [3.05, 3.63) is 27.7 Å². The molecule has 3 unspecified atom stereocenters. The first-order valence-electron chi connectivity index (χ1n) is 11.0. The van der Waals surface area contributed by atoms with Gasteiger partial charge in [-0.05, 0) is 18.6 Å². The zero-order valence-corrected chi connectivity index (χ0v) is 20.2. The van der Waals surface area contributed by atoms with Crippen LogP contribution in [-0.4, -0.2) is 83.9 Å². The van der Waals surface area contributed by atoms with Gasteiger partial charge in [0.25, 0.3) is 0 Å². The molecule has 14 heteroatoms. The number of guanidine groups is 1. The highest BCUT2D eigenvalue weighted by Crippen LogP contribution is 2.36. The van der Waals surface area contributed by atoms with Crippen LogP contribution in [0.25, 0.3) is 0 Å². The summed E-state index contributed by atoms with van der Waals surface area (Å²) >= 11 is 11.9. The van der Waals surface area contributed by atoms with Gasteiger partial charge >= 0.3 is 5.97 Å². The monoisotopic (exact) mass is 530 g/mol. The standard InChI is InChI=1S/C21H28Cl2N6O6/c22-11-2-14(19(34)15(23)3-11)16(4-18(32)33)29-17(31)9-25-20(35)10-1-12(6-24-5-10)28-21-26-7-13(30)8-27-21/h2-3,10,12-13,16,24,30,34H,1,4-9H2,(H,25,35)(H,29,31)(H,32,33)(H2,26,27,28)/t10?,12?,16-/m0/s1. The number of carbonyl (C=O) groups excluding carboxylic acids is 2. The second-order valence-corrected chi connectivity index (χ2v) is 9.26. The van der Waals surface area contributed by atoms with Crippen molar-refractivity contribution in [2.45, 2.75) is 31.0 Å². The highest BCUT2D eigenvalue weighted by Gasteiger charge is 2.29. The maximum atomic E-state index is 12.7. The van der Waals surface area contributed by atoms with E-state index in [1.165, 1.54) is 12.1 Å². The van der Waals surface area contributed by atoms with Crippen LogP contribution in [0, 0.1) is 5.92 Å². The van der Waals surface area contributed by atoms with Crippen LogP contribution in [0.15, 0.2) is 17.1 Å². The zero-order valence-electron chi connectivity index (χ0n) is 18.7. The number of aliphatic hydroxyl groups is 1. The normalized spacial score (nSPS) is 22.8. The Kier molecular flexibility index (Phi) is 9.38. The van der Waals surface area contributed by atoms with E-state index in [1.807, 2.05) is 0 Å². The quantitative estimate of drug-likeness (QED) is 0.216. The summed E-state index contributed by atoms with van der Waals surface area (Å²) in [7, 11) is 0. The highest BCUT2D eigenvalue weighted by molar-refractivity contribution is 6.35. The number of nitrogens with one attached hydrogen (secondary N) is 5. The third kappa shape index (κ3) is 7.85. The minimum Gasteiger partial charge on any atom is -0.506 e. The Hall–Kier alpha value is -2.80. The van der Waals surface area contributed by atoms with Gasteiger partial charge in [0.1, 0.15) is 5.75 Å². The van der Waals surface area contributed by atoms with Gasteiger partial charge in [-0.1, -0.05) is 23.2 Å². The van der Waals surface area contributed by atoms with Crippen molar-refractivity contribution in [1.82, 2.24) is 26.6 Å². The molecule has 2 amide bonds. The van der Waals surface area contributed by atoms with Crippen LogP contribution in [0.3, 0.4) is 0 Å². The van der Waals surface area contributed by atoms with E-state index in [0.29, 0.717) is 38.6 Å². The van der Waals surface area contributed by atoms with Gasteiger partial charge in [-0.15, -0.1) is 0 Å². The summed E-state index contributed by atoms with van der Waals surface area (Å²) in [5.41, 5.74) is 0.0572. The molecule has 0 aliphatic carbocycles. The number of phenols is 1. The Labute approximate surface area is 211 Å². The number of halogens is 2. The Morgan fingerprint density at radius 1 is 1.20 bits per heavy atom. The summed E-state index contributed by atoms with van der Waals surface area (Å²) in [5.74, 6) is -2.42. The Morgan fingerprint density at radius 2 is 1.97 bits per heavy atom. The first-order valence-corrected chi connectivity index (χ1v) is 11.8. The molecule has 0 saturated carbocycles. The second kappa shape index (κ2) is 12.2. The summed E-state index contributed by atoms with van der Waals surface area (Å²) in [6.07, 6.45) is -0.552. The van der Waals surface area contributed by atoms with Crippen molar-refractivity contribution >= 4 is 46.9 Å². The van der Waals surface area contributed by atoms with Crippen LogP contribution in [0.1, 0.15) is 24.4 Å². The molecule has 2 aliphatic rings. The molecule has 12 nitrogen and oxygen atoms in total. The van der Waals surface area contributed by atoms with Gasteiger partial charge in [-0.25, -0.2) is 0 Å². The number of carboxylic acid groups (broad SMARTS) is 1. The highest BCUT2D eigenvalue weighted by atomic mass is 35.5. The predicted molar refractivity (Wildman–Crippen MR) is 128 cm³/mol. The van der Waals surface area contributed by atoms with Crippen molar-refractivity contribution in [3.8, 4) is 5.75 Å². The summed E-state index contributed by atoms with van der Waals surface area (Å²) in [5, 5.41) is 43.5. The minimum atomic E-state index is -1.21. The molecule has 2 aliphatic heterocycles. The molecule has 192 valence electrons. The molecule has 1 saturated heterocycles. The largest absolute Gasteiger partial charge is 0.506 e. The average molecular weight is 531 g/mol. The summed E-state index contributed by atoms with van der Waals surface area (Å²) in [4.78, 5) is 40.7. The van der Waals surface area contributed by atoms with Gasteiger partial charge < -0.3 is 41.9 Å². The lowest BCUT2D eigenvalue weighted by molar-refractivity contribution is -0.138. The number of hydrogen-bond donors (Lipinski definition) is 8. The number of rotatable bonds is 8. The van der Waals surface area contributed by atoms with Crippen LogP contribution in [0.4, 0.5) is 0 Å². The smallest absolute Gasteiger partial charge is 0.305 e. The number of aromatic hydroxyl groups is 1. The molecule has 35 heavy (non-hydrogen) atoms. The fourth-order valence-electron chi connectivity index (χ4n) is 3.90. The summed E-state index contributed by atoms with van der Waals surface area (Å²) in [6.45, 7) is 1.37. The lowest BCUT2D eigenvalue weighted by Crippen LogP contribution is -2.56. The maximum absolute atomic E-state index is 12.7. The van der Waals surface area contributed by atoms with Crippen molar-refractivity contribution in [2.24, 2.45) is 10.9 Å². The molecule has 3 rings (SSSR count). The summed E-state index contributed by atoms with van der Waals surface area (Å²) in [6, 6.07) is 1.43. The molecule has 0 spiro atoms. The van der Waals surface area contributed by atoms with Gasteiger partial charge in [0.05, 0.1) is 42.6 Å². The van der Waals surface area contributed by atoms with Crippen LogP contribution in [0.5, 0.6) is 5.75 Å². The number of phenolic OH excluding ortho intramolecular Hbond substituents is 1. The van der Waals surface area contributed by atoms with Crippen LogP contribution in [0.2, 0.25) is 10.0 Å². The number of benzene rings is 1. The van der Waals surface area contributed by atoms with E-state index in [9.17, 15) is 29.7 Å². The zero-order chi connectivity index (χ0) is 25.5. The Bertz CT molecular complexity index is 993. The van der Waals surface area contributed by atoms with Gasteiger partial charge in [0.15, 0.2) is 5.96 Å². The number of nitrogens with zero attached hydrogens (tertiary/aromatic N) is 1. The minimum absolute atomic E-state index is 0.0572. The lowest BCUT2D eigenvalue weighted by atomic mass is 9.95. The maximum Gasteiger partial charge on any atom is 0.305 e. The number of aliphatic carboxylic acids is 1. The molecule has 0 aromatic heterocycles. The topological polar surface area (TPSA) is 184 Å². The third-order valence-corrected chi connectivity index (χ3v) is 6.10. The number of aliphatic imine (C=N–C) groups is 1. The van der Waals surface area contributed by atoms with E-state index < -0.39 is 36.4 Å². The number of aliphatic hydroxyl groups excluding tert-OH is 1. The van der Waals surface area contributed by atoms with E-state index >= 15 is 0 Å². The van der Waals surface area contributed by atoms with Gasteiger partial charge in [-0.2, -0.15) is 0 Å². The first-order chi connectivity index (χ1) is 16.6. The fraction of sp³-hybridized carbons (Fsp3) is 0.524. The molecule has 0 bridgehead atoms. The van der Waals surface area contributed by atoms with Gasteiger partial charge in [0, 0.05) is 36.3 Å². The molecule has 8 N–H and O–H groups in total. The average Bonchev–Trinajstić information content (AvgIpc) is 2.81. The number of piperidine rings is 1. The third-order valence-electron chi connectivity index (χ3n) is 5.60. The molecule has 1 aromatic rings. The van der Waals surface area contributed by atoms with Crippen molar-refractivity contribution in [3.63, 3.8) is 0 Å². The van der Waals surface area contributed by atoms with Gasteiger partial charge in [0.2, 0.25) is 11.8 Å². The SMILES string of the molecule is O=C(O)C[C@H](NC(=O)CNC(=O)C1CNCC(NC2=NCC(O)CN2)C1)c1cc(Cl)cc(Cl)c1O. The lowest BCUT2D eigenvalue weighted by Gasteiger charge is -2.32. The fourth-order valence-corrected chi connectivity index (χ4v) is 4.40. The second-order valence-electron chi connectivity index (χ2n) is 8.42. The van der Waals surface area contributed by atoms with Crippen LogP contribution < -0.4 is 26.6 Å². The number of carboxylic acids is 1. The molecule has 1 fully saturated rings. The first kappa shape index (κ1) is 26.8. The summed E-state index contributed by atoms with van der Waals surface area (Å²) < 4.78 is 0. The van der Waals surface area contributed by atoms with Crippen molar-refractivity contribution in [2.75, 3.05) is 32.7 Å². The molecule has 2 heterocycles. The molecular formula is C21H28Cl2N6O6.